The number of halogens is 1. The molecule has 1 aliphatic heterocycles. The summed E-state index contributed by atoms with van der Waals surface area (Å²) < 4.78 is 7.54. The zero-order valence-electron chi connectivity index (χ0n) is 8.85. The molecule has 0 aromatic carbocycles. The van der Waals surface area contributed by atoms with Crippen molar-refractivity contribution in [1.29, 1.82) is 0 Å². The Morgan fingerprint density at radius 2 is 2.31 bits per heavy atom. The topological polar surface area (TPSA) is 52.3 Å². The normalized spacial score (nSPS) is 25.4. The van der Waals surface area contributed by atoms with E-state index >= 15 is 0 Å². The summed E-state index contributed by atoms with van der Waals surface area (Å²) in [5.41, 5.74) is 0.268. The van der Waals surface area contributed by atoms with Crippen LogP contribution in [0.3, 0.4) is 0 Å². The lowest BCUT2D eigenvalue weighted by atomic mass is 10.0. The third-order valence-corrected chi connectivity index (χ3v) is 3.23. The van der Waals surface area contributed by atoms with Gasteiger partial charge in [-0.15, -0.1) is 10.2 Å². The first-order valence-corrected chi connectivity index (χ1v) is 5.58. The lowest BCUT2D eigenvalue weighted by Crippen LogP contribution is -2.23. The van der Waals surface area contributed by atoms with Crippen molar-refractivity contribution in [2.45, 2.75) is 25.4 Å². The van der Waals surface area contributed by atoms with E-state index in [9.17, 15) is 0 Å². The van der Waals surface area contributed by atoms with Crippen LogP contribution >= 0.6 is 11.6 Å². The average molecular weight is 239 g/mol. The number of rotatable bonds is 1. The van der Waals surface area contributed by atoms with Crippen LogP contribution in [0.4, 0.5) is 0 Å². The van der Waals surface area contributed by atoms with E-state index in [0.29, 0.717) is 10.8 Å². The van der Waals surface area contributed by atoms with Gasteiger partial charge in [0.25, 0.3) is 0 Å². The highest BCUT2D eigenvalue weighted by molar-refractivity contribution is 6.29. The molecule has 6 heteroatoms. The SMILES string of the molecule is CC1(c2nnc3cncc(Cl)n23)CCCO1. The van der Waals surface area contributed by atoms with E-state index in [1.54, 1.807) is 16.8 Å². The van der Waals surface area contributed by atoms with E-state index in [1.807, 2.05) is 6.92 Å². The molecule has 0 aliphatic carbocycles. The van der Waals surface area contributed by atoms with Crippen LogP contribution in [0.5, 0.6) is 0 Å². The van der Waals surface area contributed by atoms with Gasteiger partial charge in [-0.3, -0.25) is 9.38 Å². The van der Waals surface area contributed by atoms with Crippen molar-refractivity contribution < 1.29 is 4.74 Å². The lowest BCUT2D eigenvalue weighted by Gasteiger charge is -2.20. The second-order valence-corrected chi connectivity index (χ2v) is 4.52. The highest BCUT2D eigenvalue weighted by Crippen LogP contribution is 2.35. The summed E-state index contributed by atoms with van der Waals surface area (Å²) in [6, 6.07) is 0. The smallest absolute Gasteiger partial charge is 0.180 e. The molecule has 1 unspecified atom stereocenters. The van der Waals surface area contributed by atoms with Crippen molar-refractivity contribution in [3.63, 3.8) is 0 Å². The molecule has 0 N–H and O–H groups in total. The Morgan fingerprint density at radius 1 is 1.44 bits per heavy atom. The molecule has 0 bridgehead atoms. The minimum Gasteiger partial charge on any atom is -0.367 e. The van der Waals surface area contributed by atoms with E-state index in [1.165, 1.54) is 0 Å². The molecule has 0 radical (unpaired) electrons. The lowest BCUT2D eigenvalue weighted by molar-refractivity contribution is 0.00855. The summed E-state index contributed by atoms with van der Waals surface area (Å²) in [6.07, 6.45) is 5.20. The number of aromatic nitrogens is 4. The molecule has 1 saturated heterocycles. The van der Waals surface area contributed by atoms with Crippen molar-refractivity contribution in [3.8, 4) is 0 Å². The van der Waals surface area contributed by atoms with Crippen molar-refractivity contribution >= 4 is 17.2 Å². The quantitative estimate of drug-likeness (QED) is 0.760. The first-order valence-electron chi connectivity index (χ1n) is 5.20. The summed E-state index contributed by atoms with van der Waals surface area (Å²) in [4.78, 5) is 3.98. The van der Waals surface area contributed by atoms with Gasteiger partial charge in [0, 0.05) is 6.61 Å². The second-order valence-electron chi connectivity index (χ2n) is 4.13. The van der Waals surface area contributed by atoms with Gasteiger partial charge >= 0.3 is 0 Å². The van der Waals surface area contributed by atoms with Crippen molar-refractivity contribution in [2.75, 3.05) is 6.61 Å². The van der Waals surface area contributed by atoms with Gasteiger partial charge in [-0.1, -0.05) is 11.6 Å². The van der Waals surface area contributed by atoms with Gasteiger partial charge in [0.2, 0.25) is 0 Å². The molecule has 3 heterocycles. The van der Waals surface area contributed by atoms with Gasteiger partial charge in [-0.05, 0) is 19.8 Å². The number of fused-ring (bicyclic) bond motifs is 1. The molecule has 84 valence electrons. The molecule has 0 saturated carbocycles. The van der Waals surface area contributed by atoms with E-state index < -0.39 is 0 Å². The molecule has 1 fully saturated rings. The zero-order chi connectivity index (χ0) is 11.2. The summed E-state index contributed by atoms with van der Waals surface area (Å²) >= 11 is 6.11. The molecule has 5 nitrogen and oxygen atoms in total. The van der Waals surface area contributed by atoms with Gasteiger partial charge in [0.05, 0.1) is 12.4 Å². The molecular formula is C10H11ClN4O. The Bertz CT molecular complexity index is 533. The van der Waals surface area contributed by atoms with Crippen LogP contribution < -0.4 is 0 Å². The Labute approximate surface area is 97.4 Å². The third kappa shape index (κ3) is 1.32. The zero-order valence-corrected chi connectivity index (χ0v) is 9.61. The monoisotopic (exact) mass is 238 g/mol. The van der Waals surface area contributed by atoms with E-state index in [-0.39, 0.29) is 5.60 Å². The van der Waals surface area contributed by atoms with Crippen molar-refractivity contribution in [1.82, 2.24) is 19.6 Å². The van der Waals surface area contributed by atoms with Crippen LogP contribution in [0.2, 0.25) is 5.15 Å². The molecule has 16 heavy (non-hydrogen) atoms. The maximum absolute atomic E-state index is 6.11. The summed E-state index contributed by atoms with van der Waals surface area (Å²) in [7, 11) is 0. The second kappa shape index (κ2) is 3.40. The molecule has 2 aromatic rings. The molecule has 0 amide bonds. The third-order valence-electron chi connectivity index (χ3n) is 2.96. The fourth-order valence-electron chi connectivity index (χ4n) is 2.11. The van der Waals surface area contributed by atoms with Crippen molar-refractivity contribution in [2.24, 2.45) is 0 Å². The largest absolute Gasteiger partial charge is 0.367 e. The molecule has 1 aliphatic rings. The van der Waals surface area contributed by atoms with Gasteiger partial charge in [-0.2, -0.15) is 0 Å². The van der Waals surface area contributed by atoms with Crippen LogP contribution in [-0.2, 0) is 10.3 Å². The summed E-state index contributed by atoms with van der Waals surface area (Å²) in [5.74, 6) is 0.757. The summed E-state index contributed by atoms with van der Waals surface area (Å²) in [5, 5.41) is 8.74. The molecule has 3 rings (SSSR count). The highest BCUT2D eigenvalue weighted by Gasteiger charge is 2.36. The maximum Gasteiger partial charge on any atom is 0.180 e. The van der Waals surface area contributed by atoms with E-state index in [0.717, 1.165) is 25.3 Å². The van der Waals surface area contributed by atoms with Crippen LogP contribution in [0, 0.1) is 0 Å². The van der Waals surface area contributed by atoms with E-state index in [4.69, 9.17) is 16.3 Å². The van der Waals surface area contributed by atoms with Crippen LogP contribution in [0.1, 0.15) is 25.6 Å². The van der Waals surface area contributed by atoms with Gasteiger partial charge in [0.1, 0.15) is 10.8 Å². The molecule has 0 spiro atoms. The maximum atomic E-state index is 6.11. The Kier molecular flexibility index (Phi) is 2.12. The fourth-order valence-corrected chi connectivity index (χ4v) is 2.33. The fraction of sp³-hybridized carbons (Fsp3) is 0.500. The minimum absolute atomic E-state index is 0.385. The Hall–Kier alpha value is -1.20. The number of hydrogen-bond donors (Lipinski definition) is 0. The van der Waals surface area contributed by atoms with Gasteiger partial charge in [-0.25, -0.2) is 0 Å². The van der Waals surface area contributed by atoms with Crippen molar-refractivity contribution in [3.05, 3.63) is 23.4 Å². The molecule has 1 atom stereocenters. The Balaban J connectivity index is 2.24. The standard InChI is InChI=1S/C10H11ClN4O/c1-10(3-2-4-16-10)9-14-13-8-6-12-5-7(11)15(8)9/h5-6H,2-4H2,1H3. The number of nitrogens with zero attached hydrogens (tertiary/aromatic N) is 4. The Morgan fingerprint density at radius 3 is 3.06 bits per heavy atom. The van der Waals surface area contributed by atoms with E-state index in [2.05, 4.69) is 15.2 Å². The van der Waals surface area contributed by atoms with Gasteiger partial charge < -0.3 is 4.74 Å². The minimum atomic E-state index is -0.385. The number of ether oxygens (including phenoxy) is 1. The first-order chi connectivity index (χ1) is 7.71. The molecule has 2 aromatic heterocycles. The molecular weight excluding hydrogens is 228 g/mol. The van der Waals surface area contributed by atoms with Crippen LogP contribution in [0.15, 0.2) is 12.4 Å². The van der Waals surface area contributed by atoms with Gasteiger partial charge in [0.15, 0.2) is 11.5 Å². The van der Waals surface area contributed by atoms with Crippen LogP contribution in [-0.4, -0.2) is 26.2 Å². The first kappa shape index (κ1) is 9.99. The predicted octanol–water partition coefficient (Wildman–Crippen LogP) is 1.80. The summed E-state index contributed by atoms with van der Waals surface area (Å²) in [6.45, 7) is 2.78. The van der Waals surface area contributed by atoms with Crippen LogP contribution in [0.25, 0.3) is 5.65 Å². The average Bonchev–Trinajstić information content (AvgIpc) is 2.85. The highest BCUT2D eigenvalue weighted by atomic mass is 35.5. The number of hydrogen-bond acceptors (Lipinski definition) is 4. The predicted molar refractivity (Wildman–Crippen MR) is 58.3 cm³/mol.